The molecular weight excluding hydrogens is 223 g/mol. The van der Waals surface area contributed by atoms with Crippen molar-refractivity contribution in [3.8, 4) is 0 Å². The molecule has 2 aromatic rings. The number of hydrogen-bond acceptors (Lipinski definition) is 3. The van der Waals surface area contributed by atoms with Crippen molar-refractivity contribution >= 4 is 34.2 Å². The molecule has 0 radical (unpaired) electrons. The van der Waals surface area contributed by atoms with Gasteiger partial charge in [-0.25, -0.2) is 9.97 Å². The Kier molecular flexibility index (Phi) is 2.56. The van der Waals surface area contributed by atoms with Crippen molar-refractivity contribution in [2.45, 2.75) is 19.9 Å². The van der Waals surface area contributed by atoms with Crippen LogP contribution in [0.5, 0.6) is 0 Å². The molecule has 0 aromatic carbocycles. The third-order valence-corrected chi connectivity index (χ3v) is 2.23. The highest BCUT2D eigenvalue weighted by molar-refractivity contribution is 6.35. The van der Waals surface area contributed by atoms with Crippen molar-refractivity contribution in [2.75, 3.05) is 0 Å². The quantitative estimate of drug-likeness (QED) is 0.589. The number of aryl methyl sites for hydroxylation is 1. The van der Waals surface area contributed by atoms with Crippen LogP contribution in [-0.4, -0.2) is 19.7 Å². The van der Waals surface area contributed by atoms with Gasteiger partial charge in [0.1, 0.15) is 11.0 Å². The minimum Gasteiger partial charge on any atom is -0.270 e. The van der Waals surface area contributed by atoms with Gasteiger partial charge in [-0.1, -0.05) is 18.5 Å². The molecule has 0 saturated heterocycles. The zero-order valence-electron chi connectivity index (χ0n) is 7.54. The Morgan fingerprint density at radius 2 is 2.14 bits per heavy atom. The maximum Gasteiger partial charge on any atom is 0.224 e. The summed E-state index contributed by atoms with van der Waals surface area (Å²) in [6, 6.07) is 0. The van der Waals surface area contributed by atoms with Crippen molar-refractivity contribution in [2.24, 2.45) is 0 Å². The lowest BCUT2D eigenvalue weighted by atomic mass is 10.5. The third kappa shape index (κ3) is 1.67. The Morgan fingerprint density at radius 1 is 1.36 bits per heavy atom. The molecule has 0 aliphatic carbocycles. The van der Waals surface area contributed by atoms with Gasteiger partial charge in [0, 0.05) is 6.54 Å². The van der Waals surface area contributed by atoms with Gasteiger partial charge in [0.2, 0.25) is 5.28 Å². The highest BCUT2D eigenvalue weighted by Gasteiger charge is 2.08. The molecule has 0 atom stereocenters. The van der Waals surface area contributed by atoms with Crippen molar-refractivity contribution in [1.29, 1.82) is 0 Å². The maximum absolute atomic E-state index is 5.86. The number of halogens is 2. The van der Waals surface area contributed by atoms with Crippen LogP contribution in [0.25, 0.3) is 11.0 Å². The van der Waals surface area contributed by atoms with E-state index in [4.69, 9.17) is 23.2 Å². The second-order valence-corrected chi connectivity index (χ2v) is 3.61. The Morgan fingerprint density at radius 3 is 2.86 bits per heavy atom. The predicted octanol–water partition coefficient (Wildman–Crippen LogP) is 2.54. The Labute approximate surface area is 90.9 Å². The summed E-state index contributed by atoms with van der Waals surface area (Å²) >= 11 is 11.5. The van der Waals surface area contributed by atoms with Crippen LogP contribution >= 0.6 is 23.2 Å². The number of rotatable bonds is 2. The summed E-state index contributed by atoms with van der Waals surface area (Å²) in [4.78, 5) is 7.85. The first-order chi connectivity index (χ1) is 6.70. The average molecular weight is 231 g/mol. The van der Waals surface area contributed by atoms with Crippen LogP contribution in [0, 0.1) is 0 Å². The molecule has 0 saturated carbocycles. The molecule has 74 valence electrons. The van der Waals surface area contributed by atoms with Crippen molar-refractivity contribution < 1.29 is 0 Å². The van der Waals surface area contributed by atoms with E-state index < -0.39 is 0 Å². The molecule has 2 heterocycles. The van der Waals surface area contributed by atoms with Gasteiger partial charge in [0.25, 0.3) is 0 Å². The summed E-state index contributed by atoms with van der Waals surface area (Å²) in [6.45, 7) is 2.91. The average Bonchev–Trinajstić information content (AvgIpc) is 2.48. The molecule has 0 N–H and O–H groups in total. The molecular formula is C8H8Cl2N4. The van der Waals surface area contributed by atoms with Crippen LogP contribution in [-0.2, 0) is 6.54 Å². The zero-order chi connectivity index (χ0) is 10.1. The first kappa shape index (κ1) is 9.68. The highest BCUT2D eigenvalue weighted by Crippen LogP contribution is 2.20. The van der Waals surface area contributed by atoms with E-state index >= 15 is 0 Å². The summed E-state index contributed by atoms with van der Waals surface area (Å²) in [5.41, 5.74) is 1.29. The van der Waals surface area contributed by atoms with Gasteiger partial charge in [-0.15, -0.1) is 0 Å². The third-order valence-electron chi connectivity index (χ3n) is 1.79. The smallest absolute Gasteiger partial charge is 0.224 e. The summed E-state index contributed by atoms with van der Waals surface area (Å²) in [5.74, 6) is 0. The van der Waals surface area contributed by atoms with E-state index in [1.165, 1.54) is 0 Å². The van der Waals surface area contributed by atoms with E-state index in [0.29, 0.717) is 16.2 Å². The van der Waals surface area contributed by atoms with Crippen LogP contribution in [0.15, 0.2) is 6.20 Å². The lowest BCUT2D eigenvalue weighted by molar-refractivity contribution is 0.608. The summed E-state index contributed by atoms with van der Waals surface area (Å²) < 4.78 is 1.79. The molecule has 0 aliphatic heterocycles. The van der Waals surface area contributed by atoms with Gasteiger partial charge in [-0.3, -0.25) is 4.68 Å². The number of hydrogen-bond donors (Lipinski definition) is 0. The maximum atomic E-state index is 5.86. The van der Waals surface area contributed by atoms with Crippen LogP contribution in [0.4, 0.5) is 0 Å². The fourth-order valence-corrected chi connectivity index (χ4v) is 1.68. The SMILES string of the molecule is CCCn1cc2nc(Cl)nc(Cl)c2n1. The molecule has 0 spiro atoms. The van der Waals surface area contributed by atoms with E-state index in [1.807, 2.05) is 6.20 Å². The van der Waals surface area contributed by atoms with E-state index in [0.717, 1.165) is 13.0 Å². The fourth-order valence-electron chi connectivity index (χ4n) is 1.24. The molecule has 14 heavy (non-hydrogen) atoms. The van der Waals surface area contributed by atoms with Crippen LogP contribution in [0.2, 0.25) is 10.4 Å². The first-order valence-electron chi connectivity index (χ1n) is 4.27. The Balaban J connectivity index is 2.58. The molecule has 4 nitrogen and oxygen atoms in total. The molecule has 6 heteroatoms. The second-order valence-electron chi connectivity index (χ2n) is 2.91. The topological polar surface area (TPSA) is 43.6 Å². The normalized spacial score (nSPS) is 11.1. The lowest BCUT2D eigenvalue weighted by Gasteiger charge is -1.93. The standard InChI is InChI=1S/C8H8Cl2N4/c1-2-3-14-4-5-6(13-14)7(9)12-8(10)11-5/h4H,2-3H2,1H3. The van der Waals surface area contributed by atoms with Gasteiger partial charge in [-0.05, 0) is 18.0 Å². The fraction of sp³-hybridized carbons (Fsp3) is 0.375. The number of aromatic nitrogens is 4. The predicted molar refractivity (Wildman–Crippen MR) is 55.6 cm³/mol. The molecule has 0 bridgehead atoms. The molecule has 2 aromatic heterocycles. The summed E-state index contributed by atoms with van der Waals surface area (Å²) in [6.07, 6.45) is 2.82. The van der Waals surface area contributed by atoms with Gasteiger partial charge >= 0.3 is 0 Å². The zero-order valence-corrected chi connectivity index (χ0v) is 9.05. The van der Waals surface area contributed by atoms with E-state index in [9.17, 15) is 0 Å². The first-order valence-corrected chi connectivity index (χ1v) is 5.02. The minimum atomic E-state index is 0.151. The number of nitrogens with zero attached hydrogens (tertiary/aromatic N) is 4. The van der Waals surface area contributed by atoms with Crippen molar-refractivity contribution in [1.82, 2.24) is 19.7 Å². The second kappa shape index (κ2) is 3.71. The molecule has 0 amide bonds. The Hall–Kier alpha value is -0.870. The number of fused-ring (bicyclic) bond motifs is 1. The molecule has 0 fully saturated rings. The summed E-state index contributed by atoms with van der Waals surface area (Å²) in [7, 11) is 0. The minimum absolute atomic E-state index is 0.151. The van der Waals surface area contributed by atoms with E-state index in [-0.39, 0.29) is 5.28 Å². The van der Waals surface area contributed by atoms with Crippen LogP contribution < -0.4 is 0 Å². The Bertz CT molecular complexity index is 466. The van der Waals surface area contributed by atoms with Crippen molar-refractivity contribution in [3.63, 3.8) is 0 Å². The monoisotopic (exact) mass is 230 g/mol. The van der Waals surface area contributed by atoms with Crippen molar-refractivity contribution in [3.05, 3.63) is 16.6 Å². The lowest BCUT2D eigenvalue weighted by Crippen LogP contribution is -1.95. The van der Waals surface area contributed by atoms with Gasteiger partial charge < -0.3 is 0 Å². The molecule has 0 aliphatic rings. The van der Waals surface area contributed by atoms with Gasteiger partial charge in [-0.2, -0.15) is 5.10 Å². The largest absolute Gasteiger partial charge is 0.270 e. The van der Waals surface area contributed by atoms with E-state index in [1.54, 1.807) is 4.68 Å². The van der Waals surface area contributed by atoms with E-state index in [2.05, 4.69) is 22.0 Å². The highest BCUT2D eigenvalue weighted by atomic mass is 35.5. The van der Waals surface area contributed by atoms with Gasteiger partial charge in [0.15, 0.2) is 5.15 Å². The van der Waals surface area contributed by atoms with Crippen LogP contribution in [0.3, 0.4) is 0 Å². The molecule has 2 rings (SSSR count). The summed E-state index contributed by atoms with van der Waals surface area (Å²) in [5, 5.41) is 4.70. The van der Waals surface area contributed by atoms with Gasteiger partial charge in [0.05, 0.1) is 6.20 Å². The van der Waals surface area contributed by atoms with Crippen LogP contribution in [0.1, 0.15) is 13.3 Å². The molecule has 0 unspecified atom stereocenters.